The molecular formula is C14H18ClNO. The summed E-state index contributed by atoms with van der Waals surface area (Å²) >= 11 is 6.24. The fourth-order valence-corrected chi connectivity index (χ4v) is 1.91. The number of ether oxygens (including phenoxy) is 1. The standard InChI is InChI=1S/C14H18ClNO/c1-3-17-10(2)11-4-5-12(14(15)8-11)9-16-13-6-7-13/h4-5,8,13,16H,2-3,6-7,9H2,1H3. The van der Waals surface area contributed by atoms with Crippen LogP contribution in [0.25, 0.3) is 5.76 Å². The first kappa shape index (κ1) is 12.5. The highest BCUT2D eigenvalue weighted by Crippen LogP contribution is 2.24. The van der Waals surface area contributed by atoms with Crippen molar-refractivity contribution in [2.24, 2.45) is 0 Å². The molecule has 1 aliphatic carbocycles. The fourth-order valence-electron chi connectivity index (χ4n) is 1.66. The number of benzene rings is 1. The van der Waals surface area contributed by atoms with Gasteiger partial charge in [0, 0.05) is 23.2 Å². The third kappa shape index (κ3) is 3.48. The molecule has 2 nitrogen and oxygen atoms in total. The summed E-state index contributed by atoms with van der Waals surface area (Å²) < 4.78 is 5.36. The van der Waals surface area contributed by atoms with E-state index in [4.69, 9.17) is 16.3 Å². The van der Waals surface area contributed by atoms with Crippen molar-refractivity contribution >= 4 is 17.4 Å². The summed E-state index contributed by atoms with van der Waals surface area (Å²) in [4.78, 5) is 0. The Balaban J connectivity index is 2.01. The number of rotatable bonds is 6. The molecule has 1 fully saturated rings. The van der Waals surface area contributed by atoms with Gasteiger partial charge in [0.2, 0.25) is 0 Å². The highest BCUT2D eigenvalue weighted by Gasteiger charge is 2.20. The van der Waals surface area contributed by atoms with E-state index in [9.17, 15) is 0 Å². The van der Waals surface area contributed by atoms with Crippen molar-refractivity contribution in [3.63, 3.8) is 0 Å². The molecule has 0 amide bonds. The summed E-state index contributed by atoms with van der Waals surface area (Å²) in [6.45, 7) is 7.28. The normalized spacial score (nSPS) is 14.7. The fraction of sp³-hybridized carbons (Fsp3) is 0.429. The maximum absolute atomic E-state index is 6.24. The number of nitrogens with one attached hydrogen (secondary N) is 1. The van der Waals surface area contributed by atoms with Crippen LogP contribution in [0.1, 0.15) is 30.9 Å². The van der Waals surface area contributed by atoms with Crippen LogP contribution in [-0.4, -0.2) is 12.6 Å². The first-order valence-corrected chi connectivity index (χ1v) is 6.42. The van der Waals surface area contributed by atoms with Gasteiger partial charge in [-0.3, -0.25) is 0 Å². The molecule has 0 saturated heterocycles. The molecule has 0 spiro atoms. The Morgan fingerprint density at radius 1 is 1.53 bits per heavy atom. The van der Waals surface area contributed by atoms with E-state index in [1.54, 1.807) is 0 Å². The first-order valence-electron chi connectivity index (χ1n) is 6.04. The van der Waals surface area contributed by atoms with Crippen molar-refractivity contribution in [2.75, 3.05) is 6.61 Å². The lowest BCUT2D eigenvalue weighted by molar-refractivity contribution is 0.299. The van der Waals surface area contributed by atoms with Crippen LogP contribution >= 0.6 is 11.6 Å². The van der Waals surface area contributed by atoms with Gasteiger partial charge in [-0.15, -0.1) is 0 Å². The molecular weight excluding hydrogens is 234 g/mol. The van der Waals surface area contributed by atoms with Crippen LogP contribution in [0.3, 0.4) is 0 Å². The van der Waals surface area contributed by atoms with Gasteiger partial charge in [-0.05, 0) is 31.4 Å². The third-order valence-electron chi connectivity index (χ3n) is 2.85. The minimum absolute atomic E-state index is 0.626. The molecule has 1 N–H and O–H groups in total. The van der Waals surface area contributed by atoms with Crippen LogP contribution in [0, 0.1) is 0 Å². The molecule has 0 aromatic heterocycles. The van der Waals surface area contributed by atoms with Gasteiger partial charge in [-0.25, -0.2) is 0 Å². The summed E-state index contributed by atoms with van der Waals surface area (Å²) in [5, 5.41) is 4.22. The zero-order chi connectivity index (χ0) is 12.3. The lowest BCUT2D eigenvalue weighted by atomic mass is 10.1. The molecule has 17 heavy (non-hydrogen) atoms. The molecule has 1 saturated carbocycles. The Morgan fingerprint density at radius 2 is 2.29 bits per heavy atom. The van der Waals surface area contributed by atoms with E-state index < -0.39 is 0 Å². The molecule has 92 valence electrons. The molecule has 1 aromatic carbocycles. The first-order chi connectivity index (χ1) is 8.20. The van der Waals surface area contributed by atoms with Crippen molar-refractivity contribution in [3.05, 3.63) is 40.9 Å². The number of halogens is 1. The van der Waals surface area contributed by atoms with Crippen molar-refractivity contribution < 1.29 is 4.74 Å². The minimum Gasteiger partial charge on any atom is -0.494 e. The summed E-state index contributed by atoms with van der Waals surface area (Å²) in [6.07, 6.45) is 2.58. The van der Waals surface area contributed by atoms with Crippen molar-refractivity contribution in [1.82, 2.24) is 5.32 Å². The summed E-state index contributed by atoms with van der Waals surface area (Å²) in [7, 11) is 0. The van der Waals surface area contributed by atoms with Gasteiger partial charge in [-0.2, -0.15) is 0 Å². The average molecular weight is 252 g/mol. The zero-order valence-corrected chi connectivity index (χ0v) is 10.9. The Bertz CT molecular complexity index is 413. The van der Waals surface area contributed by atoms with Gasteiger partial charge in [0.25, 0.3) is 0 Å². The molecule has 1 aliphatic rings. The molecule has 0 radical (unpaired) electrons. The smallest absolute Gasteiger partial charge is 0.119 e. The van der Waals surface area contributed by atoms with Crippen LogP contribution in [0.15, 0.2) is 24.8 Å². The van der Waals surface area contributed by atoms with Gasteiger partial charge < -0.3 is 10.1 Å². The Morgan fingerprint density at radius 3 is 2.88 bits per heavy atom. The molecule has 3 heteroatoms. The summed E-state index contributed by atoms with van der Waals surface area (Å²) in [6, 6.07) is 6.67. The van der Waals surface area contributed by atoms with E-state index in [-0.39, 0.29) is 0 Å². The van der Waals surface area contributed by atoms with Gasteiger partial charge in [0.15, 0.2) is 0 Å². The van der Waals surface area contributed by atoms with Crippen LogP contribution in [0.4, 0.5) is 0 Å². The predicted molar refractivity (Wildman–Crippen MR) is 72.0 cm³/mol. The second kappa shape index (κ2) is 5.56. The second-order valence-corrected chi connectivity index (χ2v) is 4.72. The second-order valence-electron chi connectivity index (χ2n) is 4.32. The third-order valence-corrected chi connectivity index (χ3v) is 3.20. The Hall–Kier alpha value is -0.990. The molecule has 2 rings (SSSR count). The molecule has 0 aliphatic heterocycles. The van der Waals surface area contributed by atoms with E-state index in [1.165, 1.54) is 12.8 Å². The average Bonchev–Trinajstić information content (AvgIpc) is 3.11. The molecule has 1 aromatic rings. The lowest BCUT2D eigenvalue weighted by Gasteiger charge is -2.10. The molecule has 0 unspecified atom stereocenters. The zero-order valence-electron chi connectivity index (χ0n) is 10.1. The quantitative estimate of drug-likeness (QED) is 0.780. The topological polar surface area (TPSA) is 21.3 Å². The van der Waals surface area contributed by atoms with Gasteiger partial charge in [-0.1, -0.05) is 30.3 Å². The van der Waals surface area contributed by atoms with Gasteiger partial charge in [0.1, 0.15) is 5.76 Å². The largest absolute Gasteiger partial charge is 0.494 e. The maximum atomic E-state index is 6.24. The minimum atomic E-state index is 0.626. The molecule has 0 bridgehead atoms. The summed E-state index contributed by atoms with van der Waals surface area (Å²) in [5.41, 5.74) is 2.08. The van der Waals surface area contributed by atoms with Crippen LogP contribution in [0.5, 0.6) is 0 Å². The van der Waals surface area contributed by atoms with E-state index in [1.807, 2.05) is 25.1 Å². The molecule has 0 heterocycles. The molecule has 0 atom stereocenters. The Kier molecular flexibility index (Phi) is 4.08. The maximum Gasteiger partial charge on any atom is 0.119 e. The SMILES string of the molecule is C=C(OCC)c1ccc(CNC2CC2)c(Cl)c1. The monoisotopic (exact) mass is 251 g/mol. The predicted octanol–water partition coefficient (Wildman–Crippen LogP) is 3.60. The van der Waals surface area contributed by atoms with Crippen molar-refractivity contribution in [3.8, 4) is 0 Å². The van der Waals surface area contributed by atoms with E-state index >= 15 is 0 Å². The van der Waals surface area contributed by atoms with E-state index in [0.717, 1.165) is 22.7 Å². The van der Waals surface area contributed by atoms with Crippen LogP contribution < -0.4 is 5.32 Å². The Labute approximate surface area is 108 Å². The van der Waals surface area contributed by atoms with E-state index in [2.05, 4.69) is 11.9 Å². The highest BCUT2D eigenvalue weighted by atomic mass is 35.5. The van der Waals surface area contributed by atoms with E-state index in [0.29, 0.717) is 18.4 Å². The van der Waals surface area contributed by atoms with Crippen molar-refractivity contribution in [2.45, 2.75) is 32.4 Å². The lowest BCUT2D eigenvalue weighted by Crippen LogP contribution is -2.15. The van der Waals surface area contributed by atoms with Crippen LogP contribution in [0.2, 0.25) is 5.02 Å². The van der Waals surface area contributed by atoms with Crippen molar-refractivity contribution in [1.29, 1.82) is 0 Å². The number of hydrogen-bond donors (Lipinski definition) is 1. The van der Waals surface area contributed by atoms with Gasteiger partial charge in [0.05, 0.1) is 6.61 Å². The van der Waals surface area contributed by atoms with Gasteiger partial charge >= 0.3 is 0 Å². The highest BCUT2D eigenvalue weighted by molar-refractivity contribution is 6.31. The van der Waals surface area contributed by atoms with Crippen LogP contribution in [-0.2, 0) is 11.3 Å². The summed E-state index contributed by atoms with van der Waals surface area (Å²) in [5.74, 6) is 0.677. The number of hydrogen-bond acceptors (Lipinski definition) is 2.